The van der Waals surface area contributed by atoms with Gasteiger partial charge >= 0.3 is 0 Å². The second-order valence-corrected chi connectivity index (χ2v) is 3.65. The fraction of sp³-hybridized carbons (Fsp3) is 0.875. The number of hydrogen-bond acceptors (Lipinski definition) is 3. The highest BCUT2D eigenvalue weighted by atomic mass is 32.1. The Hall–Kier alpha value is -0.330. The maximum Gasteiger partial charge on any atom is 0.251 e. The number of aliphatic hydroxyl groups excluding tert-OH is 1. The molecule has 0 bridgehead atoms. The molecule has 0 aliphatic heterocycles. The summed E-state index contributed by atoms with van der Waals surface area (Å²) in [5.41, 5.74) is 5.31. The SMILES string of the molecule is CC(CC(N)=S)N(CCO)CC(F)F. The molecule has 0 saturated carbocycles. The third-order valence-corrected chi connectivity index (χ3v) is 2.05. The Morgan fingerprint density at radius 1 is 1.57 bits per heavy atom. The minimum absolute atomic E-state index is 0.144. The van der Waals surface area contributed by atoms with Crippen LogP contribution >= 0.6 is 12.2 Å². The number of hydrogen-bond donors (Lipinski definition) is 2. The average molecular weight is 226 g/mol. The lowest BCUT2D eigenvalue weighted by Crippen LogP contribution is -2.40. The summed E-state index contributed by atoms with van der Waals surface area (Å²) in [6.07, 6.45) is -2.02. The van der Waals surface area contributed by atoms with Gasteiger partial charge < -0.3 is 10.8 Å². The van der Waals surface area contributed by atoms with Crippen molar-refractivity contribution in [1.29, 1.82) is 0 Å². The predicted octanol–water partition coefficient (Wildman–Crippen LogP) is 0.611. The second kappa shape index (κ2) is 7.03. The van der Waals surface area contributed by atoms with Gasteiger partial charge in [0.05, 0.1) is 18.1 Å². The molecule has 6 heteroatoms. The minimum atomic E-state index is -2.41. The van der Waals surface area contributed by atoms with E-state index in [0.29, 0.717) is 11.4 Å². The van der Waals surface area contributed by atoms with Gasteiger partial charge in [0.25, 0.3) is 6.43 Å². The van der Waals surface area contributed by atoms with Crippen molar-refractivity contribution in [3.05, 3.63) is 0 Å². The van der Waals surface area contributed by atoms with Crippen LogP contribution in [-0.4, -0.2) is 47.2 Å². The van der Waals surface area contributed by atoms with Crippen molar-refractivity contribution < 1.29 is 13.9 Å². The zero-order valence-electron chi connectivity index (χ0n) is 8.12. The van der Waals surface area contributed by atoms with E-state index in [1.54, 1.807) is 6.92 Å². The Balaban J connectivity index is 4.09. The monoisotopic (exact) mass is 226 g/mol. The largest absolute Gasteiger partial charge is 0.395 e. The summed E-state index contributed by atoms with van der Waals surface area (Å²) in [6, 6.07) is -0.159. The first kappa shape index (κ1) is 13.7. The molecule has 0 saturated heterocycles. The molecule has 3 nitrogen and oxygen atoms in total. The fourth-order valence-corrected chi connectivity index (χ4v) is 1.46. The van der Waals surface area contributed by atoms with Gasteiger partial charge in [-0.2, -0.15) is 0 Å². The van der Waals surface area contributed by atoms with Crippen molar-refractivity contribution in [2.75, 3.05) is 19.7 Å². The van der Waals surface area contributed by atoms with Crippen LogP contribution in [0.5, 0.6) is 0 Å². The normalized spacial score (nSPS) is 13.6. The van der Waals surface area contributed by atoms with Gasteiger partial charge in [-0.15, -0.1) is 0 Å². The summed E-state index contributed by atoms with van der Waals surface area (Å²) < 4.78 is 24.2. The molecule has 0 aromatic rings. The van der Waals surface area contributed by atoms with Crippen molar-refractivity contribution in [1.82, 2.24) is 4.90 Å². The van der Waals surface area contributed by atoms with Crippen LogP contribution in [0.2, 0.25) is 0 Å². The van der Waals surface area contributed by atoms with Gasteiger partial charge in [-0.1, -0.05) is 12.2 Å². The second-order valence-electron chi connectivity index (χ2n) is 3.13. The highest BCUT2D eigenvalue weighted by molar-refractivity contribution is 7.80. The highest BCUT2D eigenvalue weighted by Crippen LogP contribution is 2.07. The van der Waals surface area contributed by atoms with Crippen LogP contribution in [-0.2, 0) is 0 Å². The summed E-state index contributed by atoms with van der Waals surface area (Å²) in [4.78, 5) is 1.78. The maximum absolute atomic E-state index is 12.1. The third kappa shape index (κ3) is 6.17. The van der Waals surface area contributed by atoms with Crippen molar-refractivity contribution in [3.8, 4) is 0 Å². The number of alkyl halides is 2. The molecule has 0 aromatic heterocycles. The summed E-state index contributed by atoms with van der Waals surface area (Å²) in [7, 11) is 0. The summed E-state index contributed by atoms with van der Waals surface area (Å²) in [6.45, 7) is 1.48. The molecular formula is C8H16F2N2OS. The molecule has 0 aliphatic rings. The number of thiocarbonyl (C=S) groups is 1. The van der Waals surface area contributed by atoms with E-state index in [1.165, 1.54) is 4.90 Å². The molecule has 1 atom stereocenters. The molecule has 0 heterocycles. The summed E-state index contributed by atoms with van der Waals surface area (Å²) >= 11 is 4.69. The van der Waals surface area contributed by atoms with E-state index in [0.717, 1.165) is 0 Å². The lowest BCUT2D eigenvalue weighted by atomic mass is 10.2. The smallest absolute Gasteiger partial charge is 0.251 e. The van der Waals surface area contributed by atoms with Gasteiger partial charge in [0, 0.05) is 19.0 Å². The zero-order chi connectivity index (χ0) is 11.1. The van der Waals surface area contributed by atoms with E-state index >= 15 is 0 Å². The van der Waals surface area contributed by atoms with Crippen LogP contribution in [0, 0.1) is 0 Å². The van der Waals surface area contributed by atoms with Gasteiger partial charge in [0.2, 0.25) is 0 Å². The van der Waals surface area contributed by atoms with E-state index in [-0.39, 0.29) is 25.7 Å². The van der Waals surface area contributed by atoms with Crippen LogP contribution in [0.4, 0.5) is 8.78 Å². The van der Waals surface area contributed by atoms with Crippen LogP contribution in [0.15, 0.2) is 0 Å². The topological polar surface area (TPSA) is 49.5 Å². The zero-order valence-corrected chi connectivity index (χ0v) is 8.94. The first-order valence-electron chi connectivity index (χ1n) is 4.38. The molecule has 3 N–H and O–H groups in total. The number of aliphatic hydroxyl groups is 1. The van der Waals surface area contributed by atoms with Gasteiger partial charge in [0.15, 0.2) is 0 Å². The lowest BCUT2D eigenvalue weighted by Gasteiger charge is -2.27. The summed E-state index contributed by atoms with van der Waals surface area (Å²) in [5.74, 6) is 0. The first-order valence-corrected chi connectivity index (χ1v) is 4.79. The molecule has 0 radical (unpaired) electrons. The van der Waals surface area contributed by atoms with E-state index in [9.17, 15) is 8.78 Å². The Morgan fingerprint density at radius 3 is 2.50 bits per heavy atom. The van der Waals surface area contributed by atoms with E-state index in [2.05, 4.69) is 12.2 Å². The van der Waals surface area contributed by atoms with Gasteiger partial charge in [0.1, 0.15) is 0 Å². The molecule has 0 fully saturated rings. The fourth-order valence-electron chi connectivity index (χ4n) is 1.22. The Morgan fingerprint density at radius 2 is 2.14 bits per heavy atom. The Bertz CT molecular complexity index is 181. The predicted molar refractivity (Wildman–Crippen MR) is 55.5 cm³/mol. The van der Waals surface area contributed by atoms with Gasteiger partial charge in [-0.05, 0) is 6.92 Å². The van der Waals surface area contributed by atoms with Gasteiger partial charge in [-0.25, -0.2) is 8.78 Å². The third-order valence-electron chi connectivity index (χ3n) is 1.88. The standard InChI is InChI=1S/C8H16F2N2OS/c1-6(4-8(11)14)12(2-3-13)5-7(9)10/h6-7,13H,2-5H2,1H3,(H2,11,14). The molecule has 0 spiro atoms. The molecule has 0 aliphatic carbocycles. The quantitative estimate of drug-likeness (QED) is 0.625. The molecular weight excluding hydrogens is 210 g/mol. The van der Waals surface area contributed by atoms with Crippen LogP contribution in [0.3, 0.4) is 0 Å². The van der Waals surface area contributed by atoms with Crippen molar-refractivity contribution in [2.45, 2.75) is 25.8 Å². The molecule has 1 unspecified atom stereocenters. The van der Waals surface area contributed by atoms with E-state index in [4.69, 9.17) is 10.8 Å². The summed E-state index contributed by atoms with van der Waals surface area (Å²) in [5, 5.41) is 8.68. The van der Waals surface area contributed by atoms with Gasteiger partial charge in [-0.3, -0.25) is 4.90 Å². The average Bonchev–Trinajstić information content (AvgIpc) is 2.01. The molecule has 84 valence electrons. The van der Waals surface area contributed by atoms with Crippen LogP contribution in [0.25, 0.3) is 0 Å². The van der Waals surface area contributed by atoms with Crippen molar-refractivity contribution >= 4 is 17.2 Å². The minimum Gasteiger partial charge on any atom is -0.395 e. The molecule has 0 amide bonds. The lowest BCUT2D eigenvalue weighted by molar-refractivity contribution is 0.0603. The highest BCUT2D eigenvalue weighted by Gasteiger charge is 2.18. The number of nitrogens with zero attached hydrogens (tertiary/aromatic N) is 1. The molecule has 14 heavy (non-hydrogen) atoms. The van der Waals surface area contributed by atoms with Crippen molar-refractivity contribution in [3.63, 3.8) is 0 Å². The van der Waals surface area contributed by atoms with E-state index < -0.39 is 6.43 Å². The van der Waals surface area contributed by atoms with E-state index in [1.807, 2.05) is 0 Å². The Labute approximate surface area is 87.9 Å². The number of rotatable bonds is 7. The first-order chi connectivity index (χ1) is 6.47. The maximum atomic E-state index is 12.1. The van der Waals surface area contributed by atoms with Crippen LogP contribution in [0.1, 0.15) is 13.3 Å². The number of nitrogens with two attached hydrogens (primary N) is 1. The van der Waals surface area contributed by atoms with Crippen LogP contribution < -0.4 is 5.73 Å². The molecule has 0 rings (SSSR count). The number of halogens is 2. The Kier molecular flexibility index (Phi) is 6.86. The molecule has 0 aromatic carbocycles. The van der Waals surface area contributed by atoms with Crippen molar-refractivity contribution in [2.24, 2.45) is 5.73 Å².